The zero-order valence-corrected chi connectivity index (χ0v) is 18.4. The maximum absolute atomic E-state index is 14.0. The number of hydrogen-bond acceptors (Lipinski definition) is 3. The van der Waals surface area contributed by atoms with E-state index in [4.69, 9.17) is 0 Å². The van der Waals surface area contributed by atoms with Gasteiger partial charge < -0.3 is 4.90 Å². The summed E-state index contributed by atoms with van der Waals surface area (Å²) in [6.07, 6.45) is 11.0. The summed E-state index contributed by atoms with van der Waals surface area (Å²) in [5, 5.41) is 0. The van der Waals surface area contributed by atoms with E-state index in [-0.39, 0.29) is 10.8 Å². The molecule has 1 amide bonds. The molecule has 1 aromatic heterocycles. The van der Waals surface area contributed by atoms with E-state index in [1.807, 2.05) is 12.4 Å². The summed E-state index contributed by atoms with van der Waals surface area (Å²) in [6, 6.07) is 15.3. The van der Waals surface area contributed by atoms with E-state index in [1.165, 1.54) is 30.4 Å². The van der Waals surface area contributed by atoms with Gasteiger partial charge in [0.1, 0.15) is 0 Å². The van der Waals surface area contributed by atoms with Crippen molar-refractivity contribution in [2.45, 2.75) is 50.5 Å². The number of carbonyl (C=O) groups excluding carboxylic acids is 1. The molecule has 4 nitrogen and oxygen atoms in total. The number of hydrogen-bond donors (Lipinski definition) is 0. The predicted octanol–water partition coefficient (Wildman–Crippen LogP) is 4.26. The molecule has 5 aliphatic rings. The average molecular weight is 416 g/mol. The highest BCUT2D eigenvalue weighted by Crippen LogP contribution is 2.66. The molecule has 4 bridgehead atoms. The second-order valence-electron chi connectivity index (χ2n) is 10.8. The maximum atomic E-state index is 14.0. The highest BCUT2D eigenvalue weighted by Gasteiger charge is 2.61. The fraction of sp³-hybridized carbons (Fsp3) is 0.556. The maximum Gasteiger partial charge on any atom is 0.228 e. The molecular formula is C27H33N3O. The lowest BCUT2D eigenvalue weighted by Gasteiger charge is -2.62. The fourth-order valence-corrected chi connectivity index (χ4v) is 7.83. The van der Waals surface area contributed by atoms with Crippen LogP contribution in [0.4, 0.5) is 0 Å². The van der Waals surface area contributed by atoms with E-state index in [2.05, 4.69) is 57.2 Å². The van der Waals surface area contributed by atoms with Crippen molar-refractivity contribution in [3.63, 3.8) is 0 Å². The van der Waals surface area contributed by atoms with Gasteiger partial charge in [-0.15, -0.1) is 0 Å². The van der Waals surface area contributed by atoms with E-state index in [0.29, 0.717) is 5.91 Å². The highest BCUT2D eigenvalue weighted by molar-refractivity contribution is 5.84. The van der Waals surface area contributed by atoms with Crippen LogP contribution >= 0.6 is 0 Å². The van der Waals surface area contributed by atoms with Crippen LogP contribution in [0.3, 0.4) is 0 Å². The van der Waals surface area contributed by atoms with E-state index in [0.717, 1.165) is 63.8 Å². The van der Waals surface area contributed by atoms with E-state index in [9.17, 15) is 4.79 Å². The molecule has 162 valence electrons. The Bertz CT molecular complexity index is 921. The smallest absolute Gasteiger partial charge is 0.228 e. The first-order chi connectivity index (χ1) is 15.1. The van der Waals surface area contributed by atoms with Crippen molar-refractivity contribution < 1.29 is 4.79 Å². The Balaban J connectivity index is 1.18. The van der Waals surface area contributed by atoms with Crippen LogP contribution in [0.5, 0.6) is 0 Å². The normalized spacial score (nSPS) is 34.8. The van der Waals surface area contributed by atoms with Crippen LogP contribution in [0, 0.1) is 17.3 Å². The van der Waals surface area contributed by atoms with Gasteiger partial charge in [0.25, 0.3) is 0 Å². The second-order valence-corrected chi connectivity index (χ2v) is 10.8. The van der Waals surface area contributed by atoms with Gasteiger partial charge in [-0.25, -0.2) is 0 Å². The van der Waals surface area contributed by atoms with Crippen molar-refractivity contribution in [3.05, 3.63) is 66.0 Å². The molecule has 2 atom stereocenters. The molecule has 7 rings (SSSR count). The van der Waals surface area contributed by atoms with Gasteiger partial charge in [-0.3, -0.25) is 14.7 Å². The van der Waals surface area contributed by atoms with Crippen molar-refractivity contribution in [2.24, 2.45) is 17.3 Å². The third-order valence-electron chi connectivity index (χ3n) is 8.72. The lowest BCUT2D eigenvalue weighted by atomic mass is 9.42. The minimum absolute atomic E-state index is 0.104. The predicted molar refractivity (Wildman–Crippen MR) is 121 cm³/mol. The summed E-state index contributed by atoms with van der Waals surface area (Å²) in [7, 11) is 0. The molecule has 0 N–H and O–H groups in total. The van der Waals surface area contributed by atoms with Crippen LogP contribution in [0.25, 0.3) is 0 Å². The van der Waals surface area contributed by atoms with Crippen LogP contribution in [-0.4, -0.2) is 46.9 Å². The fourth-order valence-electron chi connectivity index (χ4n) is 7.83. The van der Waals surface area contributed by atoms with Gasteiger partial charge in [0.15, 0.2) is 0 Å². The van der Waals surface area contributed by atoms with Crippen LogP contribution < -0.4 is 0 Å². The number of carbonyl (C=O) groups is 1. The zero-order valence-electron chi connectivity index (χ0n) is 18.4. The van der Waals surface area contributed by atoms with Gasteiger partial charge >= 0.3 is 0 Å². The summed E-state index contributed by atoms with van der Waals surface area (Å²) < 4.78 is 0. The number of benzene rings is 1. The van der Waals surface area contributed by atoms with Crippen LogP contribution in [0.2, 0.25) is 0 Å². The van der Waals surface area contributed by atoms with Gasteiger partial charge in [0.2, 0.25) is 5.91 Å². The van der Waals surface area contributed by atoms with Crippen molar-refractivity contribution in [1.29, 1.82) is 0 Å². The first-order valence-corrected chi connectivity index (χ1v) is 12.1. The minimum atomic E-state index is -0.104. The zero-order chi connectivity index (χ0) is 20.9. The summed E-state index contributed by atoms with van der Waals surface area (Å²) in [6.45, 7) is 4.65. The van der Waals surface area contributed by atoms with Crippen LogP contribution in [0.15, 0.2) is 54.9 Å². The average Bonchev–Trinajstić information content (AvgIpc) is 2.80. The van der Waals surface area contributed by atoms with E-state index >= 15 is 0 Å². The quantitative estimate of drug-likeness (QED) is 0.748. The molecule has 4 heteroatoms. The van der Waals surface area contributed by atoms with E-state index in [1.54, 1.807) is 0 Å². The van der Waals surface area contributed by atoms with Gasteiger partial charge in [-0.1, -0.05) is 30.3 Å². The monoisotopic (exact) mass is 415 g/mol. The van der Waals surface area contributed by atoms with Crippen molar-refractivity contribution in [2.75, 3.05) is 26.2 Å². The second kappa shape index (κ2) is 7.44. The third-order valence-corrected chi connectivity index (χ3v) is 8.72. The number of piperazine rings is 1. The molecule has 2 heterocycles. The van der Waals surface area contributed by atoms with Crippen molar-refractivity contribution in [3.8, 4) is 0 Å². The van der Waals surface area contributed by atoms with Crippen molar-refractivity contribution >= 4 is 5.91 Å². The molecule has 4 saturated carbocycles. The molecular weight excluding hydrogens is 382 g/mol. The summed E-state index contributed by atoms with van der Waals surface area (Å²) in [5.74, 6) is 1.95. The van der Waals surface area contributed by atoms with Crippen LogP contribution in [0.1, 0.15) is 49.7 Å². The Morgan fingerprint density at radius 3 is 2.26 bits per heavy atom. The van der Waals surface area contributed by atoms with Gasteiger partial charge in [0.05, 0.1) is 5.41 Å². The summed E-state index contributed by atoms with van der Waals surface area (Å²) in [4.78, 5) is 22.8. The number of amides is 1. The summed E-state index contributed by atoms with van der Waals surface area (Å²) >= 11 is 0. The molecule has 1 saturated heterocycles. The molecule has 0 spiro atoms. The molecule has 5 fully saturated rings. The lowest BCUT2D eigenvalue weighted by molar-refractivity contribution is -0.162. The molecule has 0 radical (unpaired) electrons. The van der Waals surface area contributed by atoms with Gasteiger partial charge in [0, 0.05) is 45.1 Å². The molecule has 4 aliphatic carbocycles. The number of pyridine rings is 1. The first kappa shape index (κ1) is 19.5. The van der Waals surface area contributed by atoms with Crippen molar-refractivity contribution in [1.82, 2.24) is 14.8 Å². The Kier molecular flexibility index (Phi) is 4.68. The Labute approximate surface area is 185 Å². The van der Waals surface area contributed by atoms with Gasteiger partial charge in [-0.05, 0) is 79.0 Å². The molecule has 31 heavy (non-hydrogen) atoms. The van der Waals surface area contributed by atoms with Gasteiger partial charge in [-0.2, -0.15) is 0 Å². The van der Waals surface area contributed by atoms with E-state index < -0.39 is 0 Å². The Morgan fingerprint density at radius 2 is 1.58 bits per heavy atom. The Morgan fingerprint density at radius 1 is 0.903 bits per heavy atom. The minimum Gasteiger partial charge on any atom is -0.340 e. The topological polar surface area (TPSA) is 36.4 Å². The number of nitrogens with zero attached hydrogens (tertiary/aromatic N) is 3. The SMILES string of the molecule is O=C(N1CCN(Cc2ccncc2)CC1)C12CC3CC(C1)CC(c1ccccc1)(C3)C2. The lowest BCUT2D eigenvalue weighted by Crippen LogP contribution is -2.61. The molecule has 2 aromatic rings. The molecule has 1 aromatic carbocycles. The number of aromatic nitrogens is 1. The highest BCUT2D eigenvalue weighted by atomic mass is 16.2. The van der Waals surface area contributed by atoms with Crippen LogP contribution in [-0.2, 0) is 16.8 Å². The standard InChI is InChI=1S/C27H33N3O/c31-25(30-12-10-29(11-13-30)19-21-6-8-28-9-7-21)27-17-22-14-23(18-27)16-26(15-22,20-27)24-4-2-1-3-5-24/h1-9,22-23H,10-20H2. The molecule has 2 unspecified atom stereocenters. The summed E-state index contributed by atoms with van der Waals surface area (Å²) in [5.41, 5.74) is 2.93. The number of rotatable bonds is 4. The molecule has 1 aliphatic heterocycles. The third kappa shape index (κ3) is 3.40. The Hall–Kier alpha value is -2.20. The first-order valence-electron chi connectivity index (χ1n) is 12.1. The largest absolute Gasteiger partial charge is 0.340 e.